The zero-order chi connectivity index (χ0) is 19.5. The van der Waals surface area contributed by atoms with Crippen LogP contribution in [0, 0.1) is 5.92 Å². The molecular weight excluding hydrogens is 378 g/mol. The number of hydrogen-bond donors (Lipinski definition) is 5. The number of guanidine groups is 1. The molecule has 5 N–H and O–H groups in total. The predicted molar refractivity (Wildman–Crippen MR) is 95.0 cm³/mol. The maximum atomic E-state index is 11.8. The molecule has 0 bridgehead atoms. The molecule has 148 valence electrons. The van der Waals surface area contributed by atoms with E-state index >= 15 is 0 Å². The van der Waals surface area contributed by atoms with Gasteiger partial charge in [0.1, 0.15) is 6.10 Å². The number of aromatic amines is 2. The second-order valence-electron chi connectivity index (χ2n) is 7.42. The summed E-state index contributed by atoms with van der Waals surface area (Å²) in [5.74, 6) is 0.276. The lowest BCUT2D eigenvalue weighted by molar-refractivity contribution is 0.0595. The molecule has 4 rings (SSSR count). The van der Waals surface area contributed by atoms with E-state index in [0.717, 1.165) is 6.07 Å². The van der Waals surface area contributed by atoms with Crippen molar-refractivity contribution in [2.75, 3.05) is 6.54 Å². The third kappa shape index (κ3) is 3.07. The summed E-state index contributed by atoms with van der Waals surface area (Å²) in [6.07, 6.45) is -0.608. The smallest absolute Gasteiger partial charge is 0.325 e. The monoisotopic (exact) mass is 399 g/mol. The van der Waals surface area contributed by atoms with Crippen molar-refractivity contribution in [2.24, 2.45) is 10.9 Å². The Balaban J connectivity index is 1.63. The molecule has 0 spiro atoms. The van der Waals surface area contributed by atoms with Crippen LogP contribution in [0.4, 0.5) is 0 Å². The van der Waals surface area contributed by atoms with Gasteiger partial charge in [-0.25, -0.2) is 4.79 Å². The van der Waals surface area contributed by atoms with E-state index in [9.17, 15) is 27.7 Å². The summed E-state index contributed by atoms with van der Waals surface area (Å²) in [4.78, 5) is 33.9. The molecule has 2 saturated heterocycles. The van der Waals surface area contributed by atoms with Crippen LogP contribution in [-0.2, 0) is 10.1 Å². The maximum absolute atomic E-state index is 11.8. The van der Waals surface area contributed by atoms with E-state index < -0.39 is 38.8 Å². The molecule has 1 aromatic rings. The molecule has 0 aromatic carbocycles. The Hall–Kier alpha value is -2.18. The van der Waals surface area contributed by atoms with Crippen molar-refractivity contribution >= 4 is 16.1 Å². The molecular formula is C15H21N5O6S. The molecule has 6 atom stereocenters. The van der Waals surface area contributed by atoms with Crippen molar-refractivity contribution in [3.05, 3.63) is 32.6 Å². The Morgan fingerprint density at radius 2 is 2.04 bits per heavy atom. The molecule has 4 heterocycles. The first-order chi connectivity index (χ1) is 12.6. The zero-order valence-electron chi connectivity index (χ0n) is 14.5. The van der Waals surface area contributed by atoms with Crippen LogP contribution in [0.5, 0.6) is 0 Å². The number of hydrogen-bond acceptors (Lipinski definition) is 8. The molecule has 2 fully saturated rings. The van der Waals surface area contributed by atoms with Gasteiger partial charge in [-0.2, -0.15) is 8.42 Å². The third-order valence-corrected chi connectivity index (χ3v) is 7.21. The fourth-order valence-electron chi connectivity index (χ4n) is 4.53. The van der Waals surface area contributed by atoms with Crippen molar-refractivity contribution in [1.82, 2.24) is 20.2 Å². The molecule has 3 aliphatic heterocycles. The summed E-state index contributed by atoms with van der Waals surface area (Å²) in [6.45, 7) is 2.19. The summed E-state index contributed by atoms with van der Waals surface area (Å²) < 4.78 is 33.2. The van der Waals surface area contributed by atoms with Crippen LogP contribution in [0.2, 0.25) is 0 Å². The zero-order valence-corrected chi connectivity index (χ0v) is 15.3. The van der Waals surface area contributed by atoms with Crippen LogP contribution in [0.1, 0.15) is 31.6 Å². The van der Waals surface area contributed by atoms with Crippen LogP contribution in [0.3, 0.4) is 0 Å². The van der Waals surface area contributed by atoms with Crippen molar-refractivity contribution in [3.8, 4) is 0 Å². The number of H-pyrrole nitrogens is 2. The van der Waals surface area contributed by atoms with Gasteiger partial charge in [0.25, 0.3) is 15.7 Å². The van der Waals surface area contributed by atoms with Crippen LogP contribution < -0.4 is 16.6 Å². The van der Waals surface area contributed by atoms with Crippen LogP contribution in [-0.4, -0.2) is 68.8 Å². The number of aliphatic imine (C=N–C) groups is 1. The van der Waals surface area contributed by atoms with E-state index in [0.29, 0.717) is 18.9 Å². The number of nitrogens with one attached hydrogen (secondary N) is 3. The van der Waals surface area contributed by atoms with Crippen LogP contribution in [0.15, 0.2) is 20.6 Å². The first-order valence-corrected chi connectivity index (χ1v) is 10.2. The second kappa shape index (κ2) is 6.17. The van der Waals surface area contributed by atoms with Gasteiger partial charge in [-0.15, -0.1) is 0 Å². The SMILES string of the molecule is CC1C2CN=C3NC(C(O)c4cc(=O)[nH]c(=O)[nH]4)CC(CC1S(=O)(=O)O)N32. The minimum atomic E-state index is -4.20. The molecule has 12 heteroatoms. The summed E-state index contributed by atoms with van der Waals surface area (Å²) in [6, 6.07) is 0.157. The number of aromatic nitrogens is 2. The summed E-state index contributed by atoms with van der Waals surface area (Å²) >= 11 is 0. The third-order valence-electron chi connectivity index (χ3n) is 5.83. The lowest BCUT2D eigenvalue weighted by Crippen LogP contribution is -2.65. The van der Waals surface area contributed by atoms with Crippen molar-refractivity contribution in [2.45, 2.75) is 49.2 Å². The fourth-order valence-corrected chi connectivity index (χ4v) is 5.72. The highest BCUT2D eigenvalue weighted by Gasteiger charge is 2.52. The molecule has 0 amide bonds. The van der Waals surface area contributed by atoms with Crippen molar-refractivity contribution in [1.29, 1.82) is 0 Å². The van der Waals surface area contributed by atoms with Gasteiger partial charge in [0, 0.05) is 12.1 Å². The topological polar surface area (TPSA) is 168 Å². The Morgan fingerprint density at radius 1 is 1.30 bits per heavy atom. The average Bonchev–Trinajstić information content (AvgIpc) is 3.00. The van der Waals surface area contributed by atoms with Crippen molar-refractivity contribution < 1.29 is 18.1 Å². The summed E-state index contributed by atoms with van der Waals surface area (Å²) in [5.41, 5.74) is -1.27. The number of nitrogens with zero attached hydrogens (tertiary/aromatic N) is 2. The first-order valence-electron chi connectivity index (χ1n) is 8.72. The van der Waals surface area contributed by atoms with E-state index in [4.69, 9.17) is 0 Å². The van der Waals surface area contributed by atoms with Crippen LogP contribution >= 0.6 is 0 Å². The van der Waals surface area contributed by atoms with Gasteiger partial charge in [0.15, 0.2) is 5.96 Å². The Kier molecular flexibility index (Phi) is 4.16. The van der Waals surface area contributed by atoms with Gasteiger partial charge >= 0.3 is 5.69 Å². The fraction of sp³-hybridized carbons (Fsp3) is 0.667. The van der Waals surface area contributed by atoms with Gasteiger partial charge in [-0.3, -0.25) is 19.3 Å². The number of piperidine rings is 1. The number of rotatable bonds is 3. The molecule has 0 radical (unpaired) electrons. The van der Waals surface area contributed by atoms with E-state index in [1.807, 2.05) is 9.88 Å². The Labute approximate surface area is 154 Å². The summed E-state index contributed by atoms with van der Waals surface area (Å²) in [7, 11) is -4.20. The van der Waals surface area contributed by atoms with Gasteiger partial charge in [0.05, 0.1) is 29.6 Å². The molecule has 1 aromatic heterocycles. The highest BCUT2D eigenvalue weighted by Crippen LogP contribution is 2.39. The highest BCUT2D eigenvalue weighted by molar-refractivity contribution is 7.86. The van der Waals surface area contributed by atoms with E-state index in [1.54, 1.807) is 6.92 Å². The molecule has 27 heavy (non-hydrogen) atoms. The van der Waals surface area contributed by atoms with Gasteiger partial charge in [-0.1, -0.05) is 6.92 Å². The quantitative estimate of drug-likeness (QED) is 0.370. The lowest BCUT2D eigenvalue weighted by Gasteiger charge is -2.50. The van der Waals surface area contributed by atoms with E-state index in [2.05, 4.69) is 15.3 Å². The van der Waals surface area contributed by atoms with Gasteiger partial charge in [-0.05, 0) is 18.8 Å². The van der Waals surface area contributed by atoms with Crippen molar-refractivity contribution in [3.63, 3.8) is 0 Å². The lowest BCUT2D eigenvalue weighted by atomic mass is 9.82. The molecule has 6 unspecified atom stereocenters. The van der Waals surface area contributed by atoms with Gasteiger partial charge < -0.3 is 20.3 Å². The largest absolute Gasteiger partial charge is 0.385 e. The highest BCUT2D eigenvalue weighted by atomic mass is 32.2. The standard InChI is InChI=1S/C15H21N5O6S/c1-6-10-5-16-14-17-8(13(22)9-4-12(21)19-15(23)18-9)2-7(20(10)14)3-11(6)27(24,25)26/h4,6-8,10-11,13,22H,2-3,5H2,1H3,(H,16,17)(H,24,25,26)(H2,18,19,21,23). The Morgan fingerprint density at radius 3 is 2.70 bits per heavy atom. The van der Waals surface area contributed by atoms with E-state index in [-0.39, 0.29) is 30.1 Å². The number of aliphatic hydroxyl groups excluding tert-OH is 1. The second-order valence-corrected chi connectivity index (χ2v) is 9.05. The predicted octanol–water partition coefficient (Wildman–Crippen LogP) is -1.84. The Bertz CT molecular complexity index is 972. The van der Waals surface area contributed by atoms with E-state index in [1.165, 1.54) is 0 Å². The minimum absolute atomic E-state index is 0.0698. The minimum Gasteiger partial charge on any atom is -0.385 e. The molecule has 11 nitrogen and oxygen atoms in total. The normalized spacial score (nSPS) is 33.8. The molecule has 0 saturated carbocycles. The molecule has 3 aliphatic rings. The number of aliphatic hydroxyl groups is 1. The maximum Gasteiger partial charge on any atom is 0.325 e. The summed E-state index contributed by atoms with van der Waals surface area (Å²) in [5, 5.41) is 12.9. The van der Waals surface area contributed by atoms with Crippen LogP contribution in [0.25, 0.3) is 0 Å². The van der Waals surface area contributed by atoms with Gasteiger partial charge in [0.2, 0.25) is 0 Å². The average molecular weight is 399 g/mol. The first kappa shape index (κ1) is 18.2. The molecule has 0 aliphatic carbocycles.